The largest absolute Gasteiger partial charge is 0.442 e. The third kappa shape index (κ3) is 2.45. The second kappa shape index (κ2) is 5.98. The molecular weight excluding hydrogens is 328 g/mol. The second-order valence-corrected chi connectivity index (χ2v) is 6.70. The van der Waals surface area contributed by atoms with Gasteiger partial charge in [0.25, 0.3) is 0 Å². The van der Waals surface area contributed by atoms with Crippen molar-refractivity contribution in [1.29, 1.82) is 0 Å². The van der Waals surface area contributed by atoms with E-state index >= 15 is 0 Å². The van der Waals surface area contributed by atoms with Gasteiger partial charge in [0.1, 0.15) is 11.9 Å². The molecule has 26 heavy (non-hydrogen) atoms. The molecule has 2 fully saturated rings. The number of amides is 1. The first-order valence-electron chi connectivity index (χ1n) is 8.75. The van der Waals surface area contributed by atoms with Crippen LogP contribution >= 0.6 is 0 Å². The molecule has 1 aromatic carbocycles. The summed E-state index contributed by atoms with van der Waals surface area (Å²) in [7, 11) is 0. The molecule has 0 N–H and O–H groups in total. The summed E-state index contributed by atoms with van der Waals surface area (Å²) in [5, 5.41) is 2.29. The fourth-order valence-corrected chi connectivity index (χ4v) is 3.88. The highest BCUT2D eigenvalue weighted by molar-refractivity contribution is 5.92. The molecule has 0 radical (unpaired) electrons. The van der Waals surface area contributed by atoms with Gasteiger partial charge >= 0.3 is 6.09 Å². The summed E-state index contributed by atoms with van der Waals surface area (Å²) in [6.45, 7) is 1.85. The van der Waals surface area contributed by atoms with Crippen molar-refractivity contribution in [3.05, 3.63) is 66.6 Å². The SMILES string of the molecule is O=C1O[C@@H]2CN(c3nccc4ccccc34)C[C@@H]2N1Cc1ccccn1. The van der Waals surface area contributed by atoms with Gasteiger partial charge in [0.15, 0.2) is 0 Å². The van der Waals surface area contributed by atoms with E-state index in [0.29, 0.717) is 19.6 Å². The Bertz CT molecular complexity index is 957. The van der Waals surface area contributed by atoms with Crippen LogP contribution in [0.2, 0.25) is 0 Å². The summed E-state index contributed by atoms with van der Waals surface area (Å²) < 4.78 is 5.62. The first kappa shape index (κ1) is 15.1. The van der Waals surface area contributed by atoms with Crippen LogP contribution in [-0.4, -0.2) is 46.2 Å². The maximum absolute atomic E-state index is 12.3. The van der Waals surface area contributed by atoms with Crippen LogP contribution in [0.3, 0.4) is 0 Å². The Morgan fingerprint density at radius 1 is 1.00 bits per heavy atom. The minimum absolute atomic E-state index is 0.0188. The Morgan fingerprint density at radius 2 is 1.88 bits per heavy atom. The molecule has 2 atom stereocenters. The number of pyridine rings is 2. The van der Waals surface area contributed by atoms with E-state index in [-0.39, 0.29) is 18.2 Å². The molecule has 0 bridgehead atoms. The second-order valence-electron chi connectivity index (χ2n) is 6.70. The topological polar surface area (TPSA) is 58.6 Å². The monoisotopic (exact) mass is 346 g/mol. The number of ether oxygens (including phenoxy) is 1. The third-order valence-corrected chi connectivity index (χ3v) is 5.13. The summed E-state index contributed by atoms with van der Waals surface area (Å²) in [5.74, 6) is 0.950. The molecule has 0 saturated carbocycles. The van der Waals surface area contributed by atoms with Gasteiger partial charge in [0, 0.05) is 24.3 Å². The van der Waals surface area contributed by atoms with Crippen LogP contribution < -0.4 is 4.90 Å². The number of carbonyl (C=O) groups is 1. The van der Waals surface area contributed by atoms with Crippen LogP contribution in [0.1, 0.15) is 5.69 Å². The van der Waals surface area contributed by atoms with E-state index in [2.05, 4.69) is 27.0 Å². The van der Waals surface area contributed by atoms with E-state index in [1.54, 1.807) is 11.1 Å². The van der Waals surface area contributed by atoms with Crippen molar-refractivity contribution >= 4 is 22.7 Å². The molecule has 0 aliphatic carbocycles. The number of benzene rings is 1. The molecule has 2 aromatic heterocycles. The van der Waals surface area contributed by atoms with E-state index in [0.717, 1.165) is 22.3 Å². The lowest BCUT2D eigenvalue weighted by Crippen LogP contribution is -2.37. The highest BCUT2D eigenvalue weighted by atomic mass is 16.6. The van der Waals surface area contributed by atoms with Crippen LogP contribution in [0.25, 0.3) is 10.8 Å². The van der Waals surface area contributed by atoms with Crippen molar-refractivity contribution in [3.63, 3.8) is 0 Å². The van der Waals surface area contributed by atoms with Gasteiger partial charge in [0.05, 0.1) is 24.8 Å². The zero-order valence-electron chi connectivity index (χ0n) is 14.2. The molecule has 2 aliphatic rings. The molecule has 1 amide bonds. The smallest absolute Gasteiger partial charge is 0.410 e. The number of fused-ring (bicyclic) bond motifs is 2. The number of hydrogen-bond donors (Lipinski definition) is 0. The molecule has 6 heteroatoms. The van der Waals surface area contributed by atoms with Gasteiger partial charge in [0.2, 0.25) is 0 Å². The fourth-order valence-electron chi connectivity index (χ4n) is 3.88. The highest BCUT2D eigenvalue weighted by Crippen LogP contribution is 2.33. The van der Waals surface area contributed by atoms with Crippen LogP contribution in [-0.2, 0) is 11.3 Å². The zero-order valence-corrected chi connectivity index (χ0v) is 14.2. The van der Waals surface area contributed by atoms with Crippen molar-refractivity contribution in [2.45, 2.75) is 18.7 Å². The van der Waals surface area contributed by atoms with Gasteiger partial charge in [-0.1, -0.05) is 30.3 Å². The number of hydrogen-bond acceptors (Lipinski definition) is 5. The van der Waals surface area contributed by atoms with Gasteiger partial charge in [-0.2, -0.15) is 0 Å². The summed E-state index contributed by atoms with van der Waals surface area (Å²) in [6, 6.07) is 16.0. The van der Waals surface area contributed by atoms with Gasteiger partial charge in [-0.3, -0.25) is 9.88 Å². The lowest BCUT2D eigenvalue weighted by atomic mass is 10.1. The molecule has 2 aliphatic heterocycles. The Balaban J connectivity index is 1.42. The van der Waals surface area contributed by atoms with Crippen molar-refractivity contribution in [3.8, 4) is 0 Å². The summed E-state index contributed by atoms with van der Waals surface area (Å²) in [6.07, 6.45) is 3.20. The van der Waals surface area contributed by atoms with E-state index < -0.39 is 0 Å². The van der Waals surface area contributed by atoms with E-state index in [4.69, 9.17) is 4.74 Å². The quantitative estimate of drug-likeness (QED) is 0.730. The van der Waals surface area contributed by atoms with Gasteiger partial charge in [-0.05, 0) is 23.6 Å². The molecule has 4 heterocycles. The Labute approximate surface area is 151 Å². The van der Waals surface area contributed by atoms with Crippen LogP contribution in [0.15, 0.2) is 60.9 Å². The minimum atomic E-state index is -0.254. The molecular formula is C20H18N4O2. The summed E-state index contributed by atoms with van der Waals surface area (Å²) in [5.41, 5.74) is 0.867. The predicted octanol–water partition coefficient (Wildman–Crippen LogP) is 2.84. The molecule has 0 unspecified atom stereocenters. The molecule has 130 valence electrons. The van der Waals surface area contributed by atoms with Gasteiger partial charge in [-0.25, -0.2) is 9.78 Å². The average Bonchev–Trinajstić information content (AvgIpc) is 3.21. The maximum Gasteiger partial charge on any atom is 0.410 e. The zero-order chi connectivity index (χ0) is 17.5. The van der Waals surface area contributed by atoms with E-state index in [1.807, 2.05) is 42.6 Å². The normalized spacial score (nSPS) is 21.9. The summed E-state index contributed by atoms with van der Waals surface area (Å²) in [4.78, 5) is 25.2. The molecule has 3 aromatic rings. The number of aromatic nitrogens is 2. The first-order valence-corrected chi connectivity index (χ1v) is 8.75. The van der Waals surface area contributed by atoms with E-state index in [9.17, 15) is 4.79 Å². The standard InChI is InChI=1S/C20H18N4O2/c25-20-24(11-15-6-3-4-9-21-15)17-12-23(13-18(17)26-20)19-16-7-2-1-5-14(16)8-10-22-19/h1-10,17-18H,11-13H2/t17-,18+/m0/s1. The Morgan fingerprint density at radius 3 is 2.77 bits per heavy atom. The molecule has 5 rings (SSSR count). The lowest BCUT2D eigenvalue weighted by molar-refractivity contribution is 0.135. The number of carbonyl (C=O) groups excluding carboxylic acids is 1. The highest BCUT2D eigenvalue weighted by Gasteiger charge is 2.48. The maximum atomic E-state index is 12.3. The fraction of sp³-hybridized carbons (Fsp3) is 0.250. The minimum Gasteiger partial charge on any atom is -0.442 e. The van der Waals surface area contributed by atoms with Crippen molar-refractivity contribution in [2.24, 2.45) is 0 Å². The van der Waals surface area contributed by atoms with Crippen molar-refractivity contribution in [1.82, 2.24) is 14.9 Å². The summed E-state index contributed by atoms with van der Waals surface area (Å²) >= 11 is 0. The average molecular weight is 346 g/mol. The van der Waals surface area contributed by atoms with Crippen LogP contribution in [0, 0.1) is 0 Å². The Hall–Kier alpha value is -3.15. The Kier molecular flexibility index (Phi) is 3.48. The first-order chi connectivity index (χ1) is 12.8. The van der Waals surface area contributed by atoms with Gasteiger partial charge in [-0.15, -0.1) is 0 Å². The van der Waals surface area contributed by atoms with Gasteiger partial charge < -0.3 is 9.64 Å². The molecule has 6 nitrogen and oxygen atoms in total. The van der Waals surface area contributed by atoms with Crippen molar-refractivity contribution in [2.75, 3.05) is 18.0 Å². The number of anilines is 1. The molecule has 0 spiro atoms. The predicted molar refractivity (Wildman–Crippen MR) is 97.8 cm³/mol. The van der Waals surface area contributed by atoms with Crippen LogP contribution in [0.4, 0.5) is 10.6 Å². The molecule has 2 saturated heterocycles. The van der Waals surface area contributed by atoms with E-state index in [1.165, 1.54) is 0 Å². The number of nitrogens with zero attached hydrogens (tertiary/aromatic N) is 4. The third-order valence-electron chi connectivity index (χ3n) is 5.13. The number of rotatable bonds is 3. The van der Waals surface area contributed by atoms with Crippen molar-refractivity contribution < 1.29 is 9.53 Å². The lowest BCUT2D eigenvalue weighted by Gasteiger charge is -2.23. The van der Waals surface area contributed by atoms with Crippen LogP contribution in [0.5, 0.6) is 0 Å².